The Morgan fingerprint density at radius 3 is 2.52 bits per heavy atom. The SMILES string of the molecule is CCN(CC)C(=O)c1ccn2c(C(O)C3CCCCC3)c(C(C)C)nc2c1. The zero-order valence-electron chi connectivity index (χ0n) is 17.1. The molecule has 1 atom stereocenters. The molecule has 2 aromatic heterocycles. The molecule has 0 spiro atoms. The molecule has 0 radical (unpaired) electrons. The lowest BCUT2D eigenvalue weighted by molar-refractivity contribution is 0.0773. The van der Waals surface area contributed by atoms with E-state index in [0.29, 0.717) is 24.6 Å². The second kappa shape index (κ2) is 8.42. The van der Waals surface area contributed by atoms with Crippen molar-refractivity contribution in [2.24, 2.45) is 5.92 Å². The highest BCUT2D eigenvalue weighted by Gasteiger charge is 2.29. The fraction of sp³-hybridized carbons (Fsp3) is 0.636. The molecule has 2 heterocycles. The lowest BCUT2D eigenvalue weighted by Gasteiger charge is -2.27. The quantitative estimate of drug-likeness (QED) is 0.810. The Hall–Kier alpha value is -1.88. The van der Waals surface area contributed by atoms with Crippen molar-refractivity contribution in [3.63, 3.8) is 0 Å². The van der Waals surface area contributed by atoms with Crippen LogP contribution >= 0.6 is 0 Å². The maximum atomic E-state index is 12.7. The van der Waals surface area contributed by atoms with Crippen molar-refractivity contribution in [3.05, 3.63) is 35.3 Å². The predicted octanol–water partition coefficient (Wildman–Crippen LogP) is 4.55. The molecule has 1 unspecified atom stereocenters. The first kappa shape index (κ1) is 19.9. The molecule has 148 valence electrons. The van der Waals surface area contributed by atoms with Crippen LogP contribution < -0.4 is 0 Å². The minimum atomic E-state index is -0.498. The Kier molecular flexibility index (Phi) is 6.20. The summed E-state index contributed by atoms with van der Waals surface area (Å²) in [5.41, 5.74) is 3.26. The van der Waals surface area contributed by atoms with Crippen LogP contribution in [0.1, 0.15) is 93.6 Å². The fourth-order valence-electron chi connectivity index (χ4n) is 4.30. The van der Waals surface area contributed by atoms with Gasteiger partial charge in [-0.2, -0.15) is 0 Å². The van der Waals surface area contributed by atoms with Gasteiger partial charge >= 0.3 is 0 Å². The molecule has 0 aliphatic heterocycles. The molecule has 0 saturated heterocycles. The number of aromatic nitrogens is 2. The van der Waals surface area contributed by atoms with E-state index in [1.807, 2.05) is 41.5 Å². The van der Waals surface area contributed by atoms with Gasteiger partial charge in [-0.05, 0) is 50.7 Å². The zero-order chi connectivity index (χ0) is 19.6. The van der Waals surface area contributed by atoms with Crippen molar-refractivity contribution in [2.45, 2.75) is 71.8 Å². The number of hydrogen-bond donors (Lipinski definition) is 1. The topological polar surface area (TPSA) is 57.8 Å². The standard InChI is InChI=1S/C22H33N3O2/c1-5-24(6-2)22(27)17-12-13-25-18(14-17)23-19(15(3)4)20(25)21(26)16-10-8-7-9-11-16/h12-16,21,26H,5-11H2,1-4H3. The van der Waals surface area contributed by atoms with Gasteiger partial charge in [0.05, 0.1) is 17.5 Å². The molecule has 5 nitrogen and oxygen atoms in total. The van der Waals surface area contributed by atoms with E-state index in [0.717, 1.165) is 29.9 Å². The molecule has 1 saturated carbocycles. The van der Waals surface area contributed by atoms with E-state index in [9.17, 15) is 9.90 Å². The number of carbonyl (C=O) groups is 1. The summed E-state index contributed by atoms with van der Waals surface area (Å²) >= 11 is 0. The molecule has 1 N–H and O–H groups in total. The summed E-state index contributed by atoms with van der Waals surface area (Å²) in [6, 6.07) is 3.72. The minimum absolute atomic E-state index is 0.0333. The van der Waals surface area contributed by atoms with E-state index in [1.54, 1.807) is 0 Å². The number of imidazole rings is 1. The van der Waals surface area contributed by atoms with Crippen molar-refractivity contribution >= 4 is 11.6 Å². The van der Waals surface area contributed by atoms with Crippen molar-refractivity contribution in [1.82, 2.24) is 14.3 Å². The molecule has 1 amide bonds. The average molecular weight is 372 g/mol. The van der Waals surface area contributed by atoms with E-state index >= 15 is 0 Å². The number of amides is 1. The zero-order valence-corrected chi connectivity index (χ0v) is 17.1. The van der Waals surface area contributed by atoms with Crippen LogP contribution in [0.3, 0.4) is 0 Å². The second-order valence-corrected chi connectivity index (χ2v) is 8.00. The lowest BCUT2D eigenvalue weighted by Crippen LogP contribution is -2.30. The largest absolute Gasteiger partial charge is 0.387 e. The van der Waals surface area contributed by atoms with Gasteiger partial charge in [-0.15, -0.1) is 0 Å². The molecule has 0 aromatic carbocycles. The molecule has 1 aliphatic rings. The van der Waals surface area contributed by atoms with Crippen molar-refractivity contribution < 1.29 is 9.90 Å². The summed E-state index contributed by atoms with van der Waals surface area (Å²) in [5, 5.41) is 11.2. The van der Waals surface area contributed by atoms with Gasteiger partial charge in [0.15, 0.2) is 0 Å². The number of aliphatic hydroxyl groups is 1. The number of nitrogens with zero attached hydrogens (tertiary/aromatic N) is 3. The number of aliphatic hydroxyl groups excluding tert-OH is 1. The molecule has 0 bridgehead atoms. The summed E-state index contributed by atoms with van der Waals surface area (Å²) in [6.07, 6.45) is 7.21. The molecule has 27 heavy (non-hydrogen) atoms. The predicted molar refractivity (Wildman–Crippen MR) is 108 cm³/mol. The van der Waals surface area contributed by atoms with Crippen LogP contribution in [0.2, 0.25) is 0 Å². The van der Waals surface area contributed by atoms with Crippen molar-refractivity contribution in [2.75, 3.05) is 13.1 Å². The maximum Gasteiger partial charge on any atom is 0.254 e. The van der Waals surface area contributed by atoms with Gasteiger partial charge < -0.3 is 14.4 Å². The monoisotopic (exact) mass is 371 g/mol. The second-order valence-electron chi connectivity index (χ2n) is 8.00. The summed E-state index contributed by atoms with van der Waals surface area (Å²) in [4.78, 5) is 19.3. The Balaban J connectivity index is 2.02. The van der Waals surface area contributed by atoms with E-state index in [2.05, 4.69) is 13.8 Å². The summed E-state index contributed by atoms with van der Waals surface area (Å²) in [5.74, 6) is 0.555. The van der Waals surface area contributed by atoms with E-state index < -0.39 is 6.10 Å². The van der Waals surface area contributed by atoms with Crippen LogP contribution in [0, 0.1) is 5.92 Å². The van der Waals surface area contributed by atoms with E-state index in [1.165, 1.54) is 19.3 Å². The Morgan fingerprint density at radius 2 is 1.93 bits per heavy atom. The number of fused-ring (bicyclic) bond motifs is 1. The summed E-state index contributed by atoms with van der Waals surface area (Å²) < 4.78 is 1.99. The van der Waals surface area contributed by atoms with Crippen LogP contribution in [0.5, 0.6) is 0 Å². The third kappa shape index (κ3) is 3.88. The van der Waals surface area contributed by atoms with E-state index in [-0.39, 0.29) is 11.8 Å². The molecule has 2 aromatic rings. The van der Waals surface area contributed by atoms with Crippen molar-refractivity contribution in [3.8, 4) is 0 Å². The molecular formula is C22H33N3O2. The van der Waals surface area contributed by atoms with Gasteiger partial charge in [-0.1, -0.05) is 33.1 Å². The van der Waals surface area contributed by atoms with Gasteiger partial charge in [0.2, 0.25) is 0 Å². The first-order chi connectivity index (χ1) is 13.0. The Labute approximate surface area is 162 Å². The number of pyridine rings is 1. The highest BCUT2D eigenvalue weighted by molar-refractivity contribution is 5.95. The highest BCUT2D eigenvalue weighted by atomic mass is 16.3. The Morgan fingerprint density at radius 1 is 1.26 bits per heavy atom. The van der Waals surface area contributed by atoms with Crippen LogP contribution in [-0.4, -0.2) is 38.4 Å². The molecular weight excluding hydrogens is 338 g/mol. The normalized spacial score (nSPS) is 16.8. The first-order valence-electron chi connectivity index (χ1n) is 10.5. The molecule has 5 heteroatoms. The van der Waals surface area contributed by atoms with Crippen LogP contribution in [-0.2, 0) is 0 Å². The first-order valence-corrected chi connectivity index (χ1v) is 10.5. The average Bonchev–Trinajstić information content (AvgIpc) is 3.08. The van der Waals surface area contributed by atoms with Crippen LogP contribution in [0.4, 0.5) is 0 Å². The van der Waals surface area contributed by atoms with Gasteiger partial charge in [0.1, 0.15) is 5.65 Å². The highest BCUT2D eigenvalue weighted by Crippen LogP contribution is 2.37. The molecule has 1 fully saturated rings. The van der Waals surface area contributed by atoms with Gasteiger partial charge in [-0.25, -0.2) is 4.98 Å². The van der Waals surface area contributed by atoms with Crippen LogP contribution in [0.25, 0.3) is 5.65 Å². The lowest BCUT2D eigenvalue weighted by atomic mass is 9.83. The summed E-state index contributed by atoms with van der Waals surface area (Å²) in [6.45, 7) is 9.59. The fourth-order valence-corrected chi connectivity index (χ4v) is 4.30. The number of hydrogen-bond acceptors (Lipinski definition) is 3. The molecule has 1 aliphatic carbocycles. The van der Waals surface area contributed by atoms with Gasteiger partial charge in [0.25, 0.3) is 5.91 Å². The third-order valence-corrected chi connectivity index (χ3v) is 5.91. The van der Waals surface area contributed by atoms with Crippen molar-refractivity contribution in [1.29, 1.82) is 0 Å². The smallest absolute Gasteiger partial charge is 0.254 e. The third-order valence-electron chi connectivity index (χ3n) is 5.91. The van der Waals surface area contributed by atoms with E-state index in [4.69, 9.17) is 4.98 Å². The van der Waals surface area contributed by atoms with Gasteiger partial charge in [-0.3, -0.25) is 4.79 Å². The summed E-state index contributed by atoms with van der Waals surface area (Å²) in [7, 11) is 0. The Bertz CT molecular complexity index is 786. The molecule has 3 rings (SSSR count). The number of carbonyl (C=O) groups excluding carboxylic acids is 1. The minimum Gasteiger partial charge on any atom is -0.387 e. The maximum absolute atomic E-state index is 12.7. The van der Waals surface area contributed by atoms with Gasteiger partial charge in [0, 0.05) is 24.8 Å². The van der Waals surface area contributed by atoms with Crippen LogP contribution in [0.15, 0.2) is 18.3 Å². The number of rotatable bonds is 6.